The van der Waals surface area contributed by atoms with Gasteiger partial charge >= 0.3 is 0 Å². The Kier molecular flexibility index (Phi) is 6.78. The summed E-state index contributed by atoms with van der Waals surface area (Å²) >= 11 is 0. The summed E-state index contributed by atoms with van der Waals surface area (Å²) in [5.41, 5.74) is 0.543. The lowest BCUT2D eigenvalue weighted by Gasteiger charge is -2.52. The molecule has 0 atom stereocenters. The first-order valence-corrected chi connectivity index (χ1v) is 8.07. The molecule has 1 aliphatic rings. The molecule has 0 spiro atoms. The molecule has 0 aromatic heterocycles. The number of rotatable bonds is 8. The Morgan fingerprint density at radius 2 is 1.79 bits per heavy atom. The normalized spacial score (nSPS) is 22.6. The first-order chi connectivity index (χ1) is 8.99. The third kappa shape index (κ3) is 4.73. The summed E-state index contributed by atoms with van der Waals surface area (Å²) in [4.78, 5) is 2.61. The molecule has 3 nitrogen and oxygen atoms in total. The fourth-order valence-corrected chi connectivity index (χ4v) is 2.78. The molecule has 1 saturated heterocycles. The SMILES string of the molecule is CCCCOCCN1CC(CC)(CC)NCC1(C)C. The standard InChI is InChI=1S/C16H34N2O/c1-6-9-11-19-12-10-18-14-16(7-2,8-3)17-13-15(18,4)5/h17H,6-14H2,1-5H3. The van der Waals surface area contributed by atoms with E-state index in [1.807, 2.05) is 0 Å². The van der Waals surface area contributed by atoms with Gasteiger partial charge in [-0.1, -0.05) is 27.2 Å². The van der Waals surface area contributed by atoms with Crippen molar-refractivity contribution in [3.63, 3.8) is 0 Å². The molecule has 1 fully saturated rings. The summed E-state index contributed by atoms with van der Waals surface area (Å²) in [6, 6.07) is 0. The van der Waals surface area contributed by atoms with Crippen molar-refractivity contribution in [1.82, 2.24) is 10.2 Å². The molecule has 1 rings (SSSR count). The van der Waals surface area contributed by atoms with E-state index in [0.717, 1.165) is 32.8 Å². The summed E-state index contributed by atoms with van der Waals surface area (Å²) in [5.74, 6) is 0. The van der Waals surface area contributed by atoms with Crippen LogP contribution >= 0.6 is 0 Å². The molecular weight excluding hydrogens is 236 g/mol. The van der Waals surface area contributed by atoms with E-state index < -0.39 is 0 Å². The van der Waals surface area contributed by atoms with Gasteiger partial charge in [0.05, 0.1) is 6.61 Å². The van der Waals surface area contributed by atoms with Gasteiger partial charge in [0.2, 0.25) is 0 Å². The van der Waals surface area contributed by atoms with Gasteiger partial charge in [0, 0.05) is 37.3 Å². The number of hydrogen-bond donors (Lipinski definition) is 1. The lowest BCUT2D eigenvalue weighted by molar-refractivity contribution is -0.00113. The van der Waals surface area contributed by atoms with Crippen molar-refractivity contribution in [3.05, 3.63) is 0 Å². The van der Waals surface area contributed by atoms with Crippen LogP contribution in [0.1, 0.15) is 60.3 Å². The highest BCUT2D eigenvalue weighted by Crippen LogP contribution is 2.27. The fraction of sp³-hybridized carbons (Fsp3) is 1.00. The highest BCUT2D eigenvalue weighted by Gasteiger charge is 2.40. The lowest BCUT2D eigenvalue weighted by atomic mass is 9.85. The zero-order valence-electron chi connectivity index (χ0n) is 13.7. The van der Waals surface area contributed by atoms with Gasteiger partial charge in [-0.3, -0.25) is 4.90 Å². The molecule has 0 aromatic carbocycles. The Balaban J connectivity index is 2.47. The Hall–Kier alpha value is -0.120. The molecule has 3 heteroatoms. The van der Waals surface area contributed by atoms with Crippen molar-refractivity contribution < 1.29 is 4.74 Å². The van der Waals surface area contributed by atoms with E-state index in [1.54, 1.807) is 0 Å². The number of nitrogens with one attached hydrogen (secondary N) is 1. The lowest BCUT2D eigenvalue weighted by Crippen LogP contribution is -2.68. The largest absolute Gasteiger partial charge is 0.380 e. The van der Waals surface area contributed by atoms with Crippen LogP contribution in [0.5, 0.6) is 0 Å². The number of hydrogen-bond acceptors (Lipinski definition) is 3. The minimum atomic E-state index is 0.238. The van der Waals surface area contributed by atoms with Crippen LogP contribution in [0.3, 0.4) is 0 Å². The highest BCUT2D eigenvalue weighted by atomic mass is 16.5. The topological polar surface area (TPSA) is 24.5 Å². The van der Waals surface area contributed by atoms with Crippen LogP contribution in [0.2, 0.25) is 0 Å². The third-order valence-electron chi connectivity index (χ3n) is 4.75. The molecular formula is C16H34N2O. The van der Waals surface area contributed by atoms with Gasteiger partial charge in [-0.05, 0) is 33.1 Å². The Labute approximate surface area is 120 Å². The van der Waals surface area contributed by atoms with E-state index in [9.17, 15) is 0 Å². The van der Waals surface area contributed by atoms with Crippen molar-refractivity contribution in [3.8, 4) is 0 Å². The molecule has 19 heavy (non-hydrogen) atoms. The van der Waals surface area contributed by atoms with Gasteiger partial charge in [-0.15, -0.1) is 0 Å². The molecule has 0 radical (unpaired) electrons. The van der Waals surface area contributed by atoms with E-state index in [4.69, 9.17) is 4.74 Å². The molecule has 1 N–H and O–H groups in total. The fourth-order valence-electron chi connectivity index (χ4n) is 2.78. The second-order valence-electron chi connectivity index (χ2n) is 6.54. The second kappa shape index (κ2) is 7.61. The zero-order valence-corrected chi connectivity index (χ0v) is 13.7. The molecule has 0 unspecified atom stereocenters. The monoisotopic (exact) mass is 270 g/mol. The maximum atomic E-state index is 5.74. The predicted molar refractivity (Wildman–Crippen MR) is 82.7 cm³/mol. The molecule has 0 aromatic rings. The van der Waals surface area contributed by atoms with Crippen LogP contribution in [0.15, 0.2) is 0 Å². The van der Waals surface area contributed by atoms with E-state index in [0.29, 0.717) is 5.54 Å². The van der Waals surface area contributed by atoms with Crippen LogP contribution in [0, 0.1) is 0 Å². The summed E-state index contributed by atoms with van der Waals surface area (Å²) in [6.07, 6.45) is 4.80. The Morgan fingerprint density at radius 1 is 1.11 bits per heavy atom. The average Bonchev–Trinajstić information content (AvgIpc) is 2.41. The smallest absolute Gasteiger partial charge is 0.0593 e. The van der Waals surface area contributed by atoms with Crippen LogP contribution in [0.25, 0.3) is 0 Å². The number of nitrogens with zero attached hydrogens (tertiary/aromatic N) is 1. The third-order valence-corrected chi connectivity index (χ3v) is 4.75. The van der Waals surface area contributed by atoms with Crippen molar-refractivity contribution >= 4 is 0 Å². The maximum absolute atomic E-state index is 5.74. The molecule has 0 saturated carbocycles. The average molecular weight is 270 g/mol. The quantitative estimate of drug-likeness (QED) is 0.686. The van der Waals surface area contributed by atoms with Crippen LogP contribution in [0.4, 0.5) is 0 Å². The molecule has 0 amide bonds. The molecule has 0 aliphatic carbocycles. The molecule has 0 bridgehead atoms. The minimum Gasteiger partial charge on any atom is -0.380 e. The van der Waals surface area contributed by atoms with Crippen molar-refractivity contribution in [2.45, 2.75) is 71.4 Å². The first-order valence-electron chi connectivity index (χ1n) is 8.07. The zero-order chi connectivity index (χ0) is 14.4. The maximum Gasteiger partial charge on any atom is 0.0593 e. The Morgan fingerprint density at radius 3 is 2.37 bits per heavy atom. The molecule has 114 valence electrons. The van der Waals surface area contributed by atoms with Crippen LogP contribution in [-0.4, -0.2) is 48.8 Å². The van der Waals surface area contributed by atoms with E-state index in [2.05, 4.69) is 44.8 Å². The van der Waals surface area contributed by atoms with Crippen molar-refractivity contribution in [1.29, 1.82) is 0 Å². The van der Waals surface area contributed by atoms with Gasteiger partial charge in [0.1, 0.15) is 0 Å². The molecule has 1 heterocycles. The van der Waals surface area contributed by atoms with Crippen molar-refractivity contribution in [2.75, 3.05) is 32.8 Å². The highest BCUT2D eigenvalue weighted by molar-refractivity contribution is 5.00. The van der Waals surface area contributed by atoms with E-state index in [1.165, 1.54) is 25.7 Å². The first kappa shape index (κ1) is 16.9. The van der Waals surface area contributed by atoms with E-state index >= 15 is 0 Å². The summed E-state index contributed by atoms with van der Waals surface area (Å²) in [5, 5.41) is 3.78. The van der Waals surface area contributed by atoms with Gasteiger partial charge in [-0.2, -0.15) is 0 Å². The van der Waals surface area contributed by atoms with Crippen LogP contribution in [-0.2, 0) is 4.74 Å². The van der Waals surface area contributed by atoms with Gasteiger partial charge < -0.3 is 10.1 Å². The van der Waals surface area contributed by atoms with Crippen molar-refractivity contribution in [2.24, 2.45) is 0 Å². The summed E-state index contributed by atoms with van der Waals surface area (Å²) in [7, 11) is 0. The number of unbranched alkanes of at least 4 members (excludes halogenated alkanes) is 1. The second-order valence-corrected chi connectivity index (χ2v) is 6.54. The Bertz CT molecular complexity index is 249. The van der Waals surface area contributed by atoms with Gasteiger partial charge in [0.25, 0.3) is 0 Å². The van der Waals surface area contributed by atoms with Crippen LogP contribution < -0.4 is 5.32 Å². The van der Waals surface area contributed by atoms with E-state index in [-0.39, 0.29) is 5.54 Å². The molecule has 1 aliphatic heterocycles. The minimum absolute atomic E-state index is 0.238. The summed E-state index contributed by atoms with van der Waals surface area (Å²) < 4.78 is 5.74. The number of piperazine rings is 1. The predicted octanol–water partition coefficient (Wildman–Crippen LogP) is 3.05. The van der Waals surface area contributed by atoms with Gasteiger partial charge in [0.15, 0.2) is 0 Å². The van der Waals surface area contributed by atoms with Gasteiger partial charge in [-0.25, -0.2) is 0 Å². The number of ether oxygens (including phenoxy) is 1. The summed E-state index contributed by atoms with van der Waals surface area (Å²) in [6.45, 7) is 16.5.